The van der Waals surface area contributed by atoms with Crippen LogP contribution in [-0.2, 0) is 6.54 Å². The predicted molar refractivity (Wildman–Crippen MR) is 82.7 cm³/mol. The van der Waals surface area contributed by atoms with Crippen LogP contribution < -0.4 is 0 Å². The van der Waals surface area contributed by atoms with Gasteiger partial charge < -0.3 is 10.2 Å². The van der Waals surface area contributed by atoms with Crippen LogP contribution in [0.4, 0.5) is 0 Å². The molecule has 0 bridgehead atoms. The molecule has 1 aromatic carbocycles. The van der Waals surface area contributed by atoms with E-state index in [-0.39, 0.29) is 17.6 Å². The highest BCUT2D eigenvalue weighted by Gasteiger charge is 2.36. The maximum absolute atomic E-state index is 11.1. The van der Waals surface area contributed by atoms with Crippen LogP contribution in [0.5, 0.6) is 0 Å². The van der Waals surface area contributed by atoms with E-state index in [0.29, 0.717) is 11.6 Å². The summed E-state index contributed by atoms with van der Waals surface area (Å²) in [6.07, 6.45) is 3.06. The van der Waals surface area contributed by atoms with Gasteiger partial charge in [-0.05, 0) is 31.0 Å². The number of likely N-dealkylation sites (tertiary alicyclic amines) is 1. The summed E-state index contributed by atoms with van der Waals surface area (Å²) in [7, 11) is 0. The summed E-state index contributed by atoms with van der Waals surface area (Å²) in [5.41, 5.74) is 0.975. The highest BCUT2D eigenvalue weighted by atomic mass is 35.5. The molecule has 1 atom stereocenters. The van der Waals surface area contributed by atoms with Gasteiger partial charge in [-0.3, -0.25) is 4.90 Å². The van der Waals surface area contributed by atoms with Crippen molar-refractivity contribution in [2.24, 2.45) is 5.41 Å². The van der Waals surface area contributed by atoms with E-state index in [1.54, 1.807) is 6.07 Å². The standard InChI is InChI=1S/C16H22ClNO3/c1-2-6-16(11-19)7-8-18(10-16)9-12-4-3-5-13(14(12)17)15(20)21/h3-5,19H,2,6-11H2,1H3,(H,20,21). The number of aromatic carboxylic acids is 1. The van der Waals surface area contributed by atoms with Crippen LogP contribution in [0.2, 0.25) is 5.02 Å². The Hall–Kier alpha value is -1.10. The van der Waals surface area contributed by atoms with Crippen LogP contribution in [0.15, 0.2) is 18.2 Å². The molecule has 1 aliphatic rings. The second-order valence-electron chi connectivity index (χ2n) is 5.95. The van der Waals surface area contributed by atoms with Crippen LogP contribution in [-0.4, -0.2) is 40.8 Å². The Kier molecular flexibility index (Phi) is 5.25. The Bertz CT molecular complexity index is 520. The van der Waals surface area contributed by atoms with E-state index >= 15 is 0 Å². The molecule has 0 aliphatic carbocycles. The molecular weight excluding hydrogens is 290 g/mol. The highest BCUT2D eigenvalue weighted by molar-refractivity contribution is 6.34. The summed E-state index contributed by atoms with van der Waals surface area (Å²) >= 11 is 6.19. The molecule has 0 aromatic heterocycles. The highest BCUT2D eigenvalue weighted by Crippen LogP contribution is 2.36. The van der Waals surface area contributed by atoms with Gasteiger partial charge in [0.25, 0.3) is 0 Å². The summed E-state index contributed by atoms with van der Waals surface area (Å²) in [5.74, 6) is -1.00. The summed E-state index contributed by atoms with van der Waals surface area (Å²) < 4.78 is 0. The zero-order valence-electron chi connectivity index (χ0n) is 12.3. The molecular formula is C16H22ClNO3. The first-order valence-electron chi connectivity index (χ1n) is 7.35. The number of carboxylic acids is 1. The lowest BCUT2D eigenvalue weighted by Gasteiger charge is -2.27. The number of rotatable bonds is 6. The van der Waals surface area contributed by atoms with Gasteiger partial charge in [-0.15, -0.1) is 0 Å². The normalized spacial score (nSPS) is 22.6. The lowest BCUT2D eigenvalue weighted by molar-refractivity contribution is 0.0697. The van der Waals surface area contributed by atoms with Gasteiger partial charge in [0.1, 0.15) is 0 Å². The largest absolute Gasteiger partial charge is 0.478 e. The first-order valence-corrected chi connectivity index (χ1v) is 7.73. The van der Waals surface area contributed by atoms with Crippen molar-refractivity contribution in [2.45, 2.75) is 32.7 Å². The molecule has 1 fully saturated rings. The molecule has 1 saturated heterocycles. The van der Waals surface area contributed by atoms with Gasteiger partial charge in [0.05, 0.1) is 10.6 Å². The van der Waals surface area contributed by atoms with Crippen molar-refractivity contribution in [1.82, 2.24) is 4.90 Å². The van der Waals surface area contributed by atoms with Crippen molar-refractivity contribution in [3.63, 3.8) is 0 Å². The number of aliphatic hydroxyl groups excluding tert-OH is 1. The molecule has 4 nitrogen and oxygen atoms in total. The van der Waals surface area contributed by atoms with Crippen molar-refractivity contribution in [3.05, 3.63) is 34.3 Å². The Morgan fingerprint density at radius 3 is 2.86 bits per heavy atom. The van der Waals surface area contributed by atoms with Crippen molar-refractivity contribution in [1.29, 1.82) is 0 Å². The van der Waals surface area contributed by atoms with Crippen molar-refractivity contribution < 1.29 is 15.0 Å². The zero-order valence-corrected chi connectivity index (χ0v) is 13.1. The minimum absolute atomic E-state index is 0.00830. The van der Waals surface area contributed by atoms with E-state index in [4.69, 9.17) is 16.7 Å². The number of halogens is 1. The minimum Gasteiger partial charge on any atom is -0.478 e. The third-order valence-electron chi connectivity index (χ3n) is 4.34. The van der Waals surface area contributed by atoms with E-state index in [1.807, 2.05) is 6.07 Å². The molecule has 0 spiro atoms. The third kappa shape index (κ3) is 3.57. The fourth-order valence-corrected chi connectivity index (χ4v) is 3.48. The molecule has 0 radical (unpaired) electrons. The number of carboxylic acid groups (broad SMARTS) is 1. The molecule has 1 unspecified atom stereocenters. The van der Waals surface area contributed by atoms with E-state index in [9.17, 15) is 9.90 Å². The maximum Gasteiger partial charge on any atom is 0.337 e. The molecule has 1 heterocycles. The lowest BCUT2D eigenvalue weighted by atomic mass is 9.83. The van der Waals surface area contributed by atoms with E-state index in [0.717, 1.165) is 37.9 Å². The van der Waals surface area contributed by atoms with Crippen molar-refractivity contribution in [3.8, 4) is 0 Å². The second kappa shape index (κ2) is 6.77. The fraction of sp³-hybridized carbons (Fsp3) is 0.562. The quantitative estimate of drug-likeness (QED) is 0.848. The molecule has 2 rings (SSSR count). The average molecular weight is 312 g/mol. The number of carbonyl (C=O) groups is 1. The van der Waals surface area contributed by atoms with Gasteiger partial charge in [0.2, 0.25) is 0 Å². The first kappa shape index (κ1) is 16.3. The van der Waals surface area contributed by atoms with Gasteiger partial charge in [-0.25, -0.2) is 4.79 Å². The number of hydrogen-bond acceptors (Lipinski definition) is 3. The fourth-order valence-electron chi connectivity index (χ4n) is 3.21. The molecule has 21 heavy (non-hydrogen) atoms. The van der Waals surface area contributed by atoms with Crippen molar-refractivity contribution in [2.75, 3.05) is 19.7 Å². The van der Waals surface area contributed by atoms with Gasteiger partial charge in [0.15, 0.2) is 0 Å². The second-order valence-corrected chi connectivity index (χ2v) is 6.33. The van der Waals surface area contributed by atoms with Crippen LogP contribution in [0.25, 0.3) is 0 Å². The smallest absolute Gasteiger partial charge is 0.337 e. The van der Waals surface area contributed by atoms with E-state index in [1.165, 1.54) is 6.07 Å². The number of aliphatic hydroxyl groups is 1. The molecule has 1 aromatic rings. The van der Waals surface area contributed by atoms with E-state index in [2.05, 4.69) is 11.8 Å². The summed E-state index contributed by atoms with van der Waals surface area (Å²) in [5, 5.41) is 19.1. The Morgan fingerprint density at radius 1 is 1.48 bits per heavy atom. The number of benzene rings is 1. The Morgan fingerprint density at radius 2 is 2.24 bits per heavy atom. The van der Waals surface area contributed by atoms with Gasteiger partial charge in [-0.1, -0.05) is 37.1 Å². The van der Waals surface area contributed by atoms with Crippen LogP contribution in [0.3, 0.4) is 0 Å². The monoisotopic (exact) mass is 311 g/mol. The van der Waals surface area contributed by atoms with Crippen LogP contribution >= 0.6 is 11.6 Å². The van der Waals surface area contributed by atoms with Crippen LogP contribution in [0, 0.1) is 5.41 Å². The molecule has 1 aliphatic heterocycles. The topological polar surface area (TPSA) is 60.8 Å². The molecule has 5 heteroatoms. The number of hydrogen-bond donors (Lipinski definition) is 2. The first-order chi connectivity index (χ1) is 10.0. The maximum atomic E-state index is 11.1. The van der Waals surface area contributed by atoms with Crippen LogP contribution in [0.1, 0.15) is 42.1 Å². The van der Waals surface area contributed by atoms with E-state index < -0.39 is 5.97 Å². The Labute approximate surface area is 130 Å². The zero-order chi connectivity index (χ0) is 15.5. The molecule has 116 valence electrons. The van der Waals surface area contributed by atoms with Gasteiger partial charge >= 0.3 is 5.97 Å². The number of nitrogens with zero attached hydrogens (tertiary/aromatic N) is 1. The summed E-state index contributed by atoms with van der Waals surface area (Å²) in [4.78, 5) is 13.4. The van der Waals surface area contributed by atoms with Gasteiger partial charge in [0, 0.05) is 25.1 Å². The summed E-state index contributed by atoms with van der Waals surface area (Å²) in [6.45, 7) is 4.72. The summed E-state index contributed by atoms with van der Waals surface area (Å²) in [6, 6.07) is 5.12. The minimum atomic E-state index is -1.00. The van der Waals surface area contributed by atoms with Crippen molar-refractivity contribution >= 4 is 17.6 Å². The SMILES string of the molecule is CCCC1(CO)CCN(Cc2cccc(C(=O)O)c2Cl)C1. The molecule has 2 N–H and O–H groups in total. The molecule has 0 amide bonds. The third-order valence-corrected chi connectivity index (χ3v) is 4.78. The molecule has 0 saturated carbocycles. The Balaban J connectivity index is 2.10. The average Bonchev–Trinajstić information content (AvgIpc) is 2.85. The van der Waals surface area contributed by atoms with Gasteiger partial charge in [-0.2, -0.15) is 0 Å². The lowest BCUT2D eigenvalue weighted by Crippen LogP contribution is -2.30. The predicted octanol–water partition coefficient (Wildman–Crippen LogP) is 3.02.